The van der Waals surface area contributed by atoms with E-state index in [2.05, 4.69) is 16.4 Å². The maximum atomic E-state index is 14.1. The molecule has 2 aromatic carbocycles. The predicted octanol–water partition coefficient (Wildman–Crippen LogP) is 4.65. The van der Waals surface area contributed by atoms with Crippen LogP contribution in [0.4, 0.5) is 5.00 Å². The van der Waals surface area contributed by atoms with Gasteiger partial charge in [-0.2, -0.15) is 5.26 Å². The average molecular weight is 500 g/mol. The van der Waals surface area contributed by atoms with Crippen molar-refractivity contribution in [2.24, 2.45) is 0 Å². The molecule has 5 rings (SSSR count). The molecule has 8 nitrogen and oxygen atoms in total. The smallest absolute Gasteiger partial charge is 0.327 e. The van der Waals surface area contributed by atoms with E-state index < -0.39 is 5.97 Å². The molecule has 2 heterocycles. The van der Waals surface area contributed by atoms with Crippen LogP contribution in [0.1, 0.15) is 51.8 Å². The van der Waals surface area contributed by atoms with Crippen molar-refractivity contribution in [3.8, 4) is 6.07 Å². The molecule has 0 bridgehead atoms. The molecule has 0 N–H and O–H groups in total. The quantitative estimate of drug-likeness (QED) is 0.343. The largest absolute Gasteiger partial charge is 0.465 e. The number of thiophene rings is 1. The lowest BCUT2D eigenvalue weighted by molar-refractivity contribution is -0.144. The molecule has 0 unspecified atom stereocenters. The van der Waals surface area contributed by atoms with Crippen molar-refractivity contribution in [1.29, 1.82) is 5.26 Å². The summed E-state index contributed by atoms with van der Waals surface area (Å²) >= 11 is 1.52. The first-order valence-corrected chi connectivity index (χ1v) is 12.8. The third kappa shape index (κ3) is 4.60. The summed E-state index contributed by atoms with van der Waals surface area (Å²) in [6.07, 6.45) is 5.52. The number of aromatic nitrogens is 3. The Morgan fingerprint density at radius 3 is 2.81 bits per heavy atom. The average Bonchev–Trinajstić information content (AvgIpc) is 3.50. The summed E-state index contributed by atoms with van der Waals surface area (Å²) in [5.74, 6) is -0.614. The van der Waals surface area contributed by atoms with Gasteiger partial charge in [-0.15, -0.1) is 16.4 Å². The molecule has 0 spiro atoms. The topological polar surface area (TPSA) is 101 Å². The summed E-state index contributed by atoms with van der Waals surface area (Å²) < 4.78 is 6.39. The fraction of sp³-hybridized carbons (Fsp3) is 0.296. The van der Waals surface area contributed by atoms with Gasteiger partial charge in [0, 0.05) is 10.4 Å². The van der Waals surface area contributed by atoms with Gasteiger partial charge in [0.15, 0.2) is 0 Å². The first-order valence-electron chi connectivity index (χ1n) is 12.0. The minimum Gasteiger partial charge on any atom is -0.465 e. The number of carbonyl (C=O) groups excluding carboxylic acids is 2. The van der Waals surface area contributed by atoms with Gasteiger partial charge < -0.3 is 4.74 Å². The Labute approximate surface area is 212 Å². The standard InChI is InChI=1S/C27H25N5O3S/c1-2-35-25(33)17-31-15-19(29-30-31)16-32(27-23(14-28)21-11-5-6-13-24(21)36-27)26(34)22-12-7-9-18-8-3-4-10-20(18)22/h3-4,7-10,12,15H,2,5-6,11,13,16-17H2,1H3. The van der Waals surface area contributed by atoms with Crippen molar-refractivity contribution < 1.29 is 14.3 Å². The number of rotatable bonds is 7. The first-order chi connectivity index (χ1) is 17.6. The van der Waals surface area contributed by atoms with Crippen LogP contribution in [0, 0.1) is 11.3 Å². The zero-order chi connectivity index (χ0) is 25.1. The number of esters is 1. The zero-order valence-corrected chi connectivity index (χ0v) is 20.8. The van der Waals surface area contributed by atoms with Gasteiger partial charge in [0.25, 0.3) is 5.91 Å². The van der Waals surface area contributed by atoms with E-state index >= 15 is 0 Å². The minimum atomic E-state index is -0.407. The number of aryl methyl sites for hydroxylation is 1. The summed E-state index contributed by atoms with van der Waals surface area (Å²) in [5, 5.41) is 20.8. The number of hydrogen-bond donors (Lipinski definition) is 0. The molecular weight excluding hydrogens is 474 g/mol. The second-order valence-corrected chi connectivity index (χ2v) is 9.72. The van der Waals surface area contributed by atoms with Crippen LogP contribution in [0.2, 0.25) is 0 Å². The first kappa shape index (κ1) is 23.7. The van der Waals surface area contributed by atoms with E-state index in [-0.39, 0.29) is 25.6 Å². The van der Waals surface area contributed by atoms with Crippen molar-refractivity contribution >= 4 is 39.0 Å². The summed E-state index contributed by atoms with van der Waals surface area (Å²) in [4.78, 5) is 28.8. The van der Waals surface area contributed by atoms with Crippen LogP contribution in [-0.2, 0) is 35.5 Å². The second-order valence-electron chi connectivity index (χ2n) is 8.63. The number of benzene rings is 2. The maximum absolute atomic E-state index is 14.1. The Hall–Kier alpha value is -4.03. The molecular formula is C27H25N5O3S. The van der Waals surface area contributed by atoms with Gasteiger partial charge in [0.1, 0.15) is 23.3 Å². The summed E-state index contributed by atoms with van der Waals surface area (Å²) in [6, 6.07) is 15.8. The normalized spacial score (nSPS) is 12.7. The van der Waals surface area contributed by atoms with Gasteiger partial charge in [0.2, 0.25) is 0 Å². The number of nitriles is 1. The van der Waals surface area contributed by atoms with E-state index in [0.29, 0.717) is 21.8 Å². The van der Waals surface area contributed by atoms with Crippen LogP contribution in [0.5, 0.6) is 0 Å². The Morgan fingerprint density at radius 1 is 1.17 bits per heavy atom. The molecule has 1 amide bonds. The summed E-state index contributed by atoms with van der Waals surface area (Å²) in [5.41, 5.74) is 2.71. The second kappa shape index (κ2) is 10.3. The molecule has 182 valence electrons. The van der Waals surface area contributed by atoms with E-state index in [1.807, 2.05) is 42.5 Å². The Kier molecular flexibility index (Phi) is 6.78. The number of fused-ring (bicyclic) bond motifs is 2. The van der Waals surface area contributed by atoms with E-state index in [0.717, 1.165) is 42.0 Å². The van der Waals surface area contributed by atoms with Crippen molar-refractivity contribution in [3.05, 3.63) is 75.9 Å². The van der Waals surface area contributed by atoms with Crippen molar-refractivity contribution in [2.45, 2.75) is 45.7 Å². The molecule has 0 atom stereocenters. The molecule has 0 saturated carbocycles. The van der Waals surface area contributed by atoms with Crippen molar-refractivity contribution in [1.82, 2.24) is 15.0 Å². The number of carbonyl (C=O) groups is 2. The number of nitrogens with zero attached hydrogens (tertiary/aromatic N) is 5. The highest BCUT2D eigenvalue weighted by molar-refractivity contribution is 7.16. The Morgan fingerprint density at radius 2 is 1.97 bits per heavy atom. The van der Waals surface area contributed by atoms with Crippen LogP contribution >= 0.6 is 11.3 Å². The molecule has 0 fully saturated rings. The van der Waals surface area contributed by atoms with Crippen LogP contribution in [0.15, 0.2) is 48.7 Å². The molecule has 1 aliphatic rings. The fourth-order valence-corrected chi connectivity index (χ4v) is 5.97. The third-order valence-electron chi connectivity index (χ3n) is 6.28. The van der Waals surface area contributed by atoms with Crippen molar-refractivity contribution in [2.75, 3.05) is 11.5 Å². The molecule has 0 aliphatic heterocycles. The number of ether oxygens (including phenoxy) is 1. The monoisotopic (exact) mass is 499 g/mol. The van der Waals surface area contributed by atoms with Gasteiger partial charge in [-0.25, -0.2) is 4.68 Å². The van der Waals surface area contributed by atoms with E-state index in [1.54, 1.807) is 18.0 Å². The highest BCUT2D eigenvalue weighted by Gasteiger charge is 2.29. The third-order valence-corrected chi connectivity index (χ3v) is 7.59. The van der Waals surface area contributed by atoms with Crippen LogP contribution in [-0.4, -0.2) is 33.5 Å². The number of amides is 1. The van der Waals surface area contributed by atoms with Gasteiger partial charge in [-0.3, -0.25) is 14.5 Å². The summed E-state index contributed by atoms with van der Waals surface area (Å²) in [6.45, 7) is 2.09. The van der Waals surface area contributed by atoms with Gasteiger partial charge in [-0.1, -0.05) is 41.6 Å². The molecule has 0 radical (unpaired) electrons. The van der Waals surface area contributed by atoms with Gasteiger partial charge >= 0.3 is 5.97 Å². The van der Waals surface area contributed by atoms with E-state index in [4.69, 9.17) is 4.74 Å². The molecule has 0 saturated heterocycles. The van der Waals surface area contributed by atoms with E-state index in [9.17, 15) is 14.9 Å². The molecule has 1 aliphatic carbocycles. The van der Waals surface area contributed by atoms with Gasteiger partial charge in [-0.05, 0) is 55.0 Å². The zero-order valence-electron chi connectivity index (χ0n) is 19.9. The van der Waals surface area contributed by atoms with Crippen LogP contribution < -0.4 is 4.90 Å². The predicted molar refractivity (Wildman–Crippen MR) is 137 cm³/mol. The minimum absolute atomic E-state index is 0.0607. The lowest BCUT2D eigenvalue weighted by atomic mass is 9.96. The van der Waals surface area contributed by atoms with E-state index in [1.165, 1.54) is 20.9 Å². The maximum Gasteiger partial charge on any atom is 0.327 e. The SMILES string of the molecule is CCOC(=O)Cn1cc(CN(C(=O)c2cccc3ccccc23)c2sc3c(c2C#N)CCCC3)nn1. The number of hydrogen-bond acceptors (Lipinski definition) is 7. The Bertz CT molecular complexity index is 1480. The van der Waals surface area contributed by atoms with Gasteiger partial charge in [0.05, 0.1) is 24.9 Å². The molecule has 2 aromatic heterocycles. The lowest BCUT2D eigenvalue weighted by Crippen LogP contribution is -2.30. The van der Waals surface area contributed by atoms with Crippen molar-refractivity contribution in [3.63, 3.8) is 0 Å². The Balaban J connectivity index is 1.56. The van der Waals surface area contributed by atoms with Crippen LogP contribution in [0.3, 0.4) is 0 Å². The lowest BCUT2D eigenvalue weighted by Gasteiger charge is -2.21. The fourth-order valence-electron chi connectivity index (χ4n) is 4.64. The molecule has 36 heavy (non-hydrogen) atoms. The molecule has 4 aromatic rings. The highest BCUT2D eigenvalue weighted by atomic mass is 32.1. The molecule has 9 heteroatoms. The number of anilines is 1. The summed E-state index contributed by atoms with van der Waals surface area (Å²) in [7, 11) is 0. The van der Waals surface area contributed by atoms with Crippen LogP contribution in [0.25, 0.3) is 10.8 Å². The highest BCUT2D eigenvalue weighted by Crippen LogP contribution is 2.41.